The van der Waals surface area contributed by atoms with Crippen molar-refractivity contribution in [1.29, 1.82) is 0 Å². The molecule has 12 heteroatoms. The highest BCUT2D eigenvalue weighted by Crippen LogP contribution is 2.48. The summed E-state index contributed by atoms with van der Waals surface area (Å²) in [6, 6.07) is 12.5. The highest BCUT2D eigenvalue weighted by Gasteiger charge is 2.40. The first-order valence-corrected chi connectivity index (χ1v) is 20.7. The molecule has 4 aromatic rings. The fraction of sp³-hybridized carbons (Fsp3) is 0.488. The van der Waals surface area contributed by atoms with Gasteiger partial charge in [-0.1, -0.05) is 25.3 Å². The van der Waals surface area contributed by atoms with Gasteiger partial charge in [-0.3, -0.25) is 19.2 Å². The number of amides is 2. The Kier molecular flexibility index (Phi) is 9.25. The SMILES string of the molecule is CCn1ncc(C(=O)N2CC3CCC(C2)N3C)c1C1=Cc2cc(OC)ccc2-c2c(C3CCCCC3)c3ccc(C(=O)NS(=O)(=O)C(C)C)cc3n2C1. The van der Waals surface area contributed by atoms with E-state index in [4.69, 9.17) is 9.84 Å². The Labute approximate surface area is 312 Å². The summed E-state index contributed by atoms with van der Waals surface area (Å²) >= 11 is 0. The van der Waals surface area contributed by atoms with Gasteiger partial charge < -0.3 is 14.2 Å². The normalized spacial score (nSPS) is 20.6. The number of aryl methyl sites for hydroxylation is 1. The second-order valence-corrected chi connectivity index (χ2v) is 17.8. The maximum atomic E-state index is 14.5. The van der Waals surface area contributed by atoms with Gasteiger partial charge in [-0.25, -0.2) is 13.1 Å². The smallest absolute Gasteiger partial charge is 0.264 e. The zero-order valence-corrected chi connectivity index (χ0v) is 32.2. The summed E-state index contributed by atoms with van der Waals surface area (Å²) in [7, 11) is 0.0138. The molecular formula is C41H50N6O5S. The Morgan fingerprint density at radius 2 is 1.72 bits per heavy atom. The molecule has 0 spiro atoms. The number of carbonyl (C=O) groups is 2. The molecule has 0 radical (unpaired) electrons. The maximum Gasteiger partial charge on any atom is 0.264 e. The van der Waals surface area contributed by atoms with Gasteiger partial charge >= 0.3 is 0 Å². The van der Waals surface area contributed by atoms with Gasteiger partial charge in [0, 0.05) is 53.7 Å². The van der Waals surface area contributed by atoms with Crippen molar-refractivity contribution >= 4 is 44.4 Å². The van der Waals surface area contributed by atoms with Crippen LogP contribution in [-0.4, -0.2) is 89.0 Å². The van der Waals surface area contributed by atoms with Crippen LogP contribution in [0.2, 0.25) is 0 Å². The number of sulfonamides is 1. The third-order valence-corrected chi connectivity index (χ3v) is 13.9. The number of hydrogen-bond acceptors (Lipinski definition) is 7. The van der Waals surface area contributed by atoms with Crippen LogP contribution in [-0.2, 0) is 23.1 Å². The number of ether oxygens (including phenoxy) is 1. The van der Waals surface area contributed by atoms with Crippen molar-refractivity contribution < 1.29 is 22.7 Å². The molecule has 2 aromatic carbocycles. The number of likely N-dealkylation sites (N-methyl/N-ethyl adjacent to an activating group) is 1. The molecule has 3 aliphatic heterocycles. The fourth-order valence-electron chi connectivity index (χ4n) is 9.20. The van der Waals surface area contributed by atoms with E-state index >= 15 is 0 Å². The van der Waals surface area contributed by atoms with Crippen molar-refractivity contribution in [3.8, 4) is 17.0 Å². The minimum Gasteiger partial charge on any atom is -0.497 e. The van der Waals surface area contributed by atoms with Crippen molar-refractivity contribution in [1.82, 2.24) is 28.9 Å². The molecule has 2 aromatic heterocycles. The van der Waals surface area contributed by atoms with E-state index in [-0.39, 0.29) is 11.5 Å². The zero-order valence-electron chi connectivity index (χ0n) is 31.4. The average molecular weight is 739 g/mol. The van der Waals surface area contributed by atoms with Crippen LogP contribution in [0.1, 0.15) is 109 Å². The Hall–Kier alpha value is -4.42. The molecule has 53 heavy (non-hydrogen) atoms. The maximum absolute atomic E-state index is 14.5. The van der Waals surface area contributed by atoms with Crippen LogP contribution in [0.15, 0.2) is 42.6 Å². The van der Waals surface area contributed by atoms with E-state index in [1.165, 1.54) is 12.0 Å². The number of fused-ring (bicyclic) bond motifs is 7. The lowest BCUT2D eigenvalue weighted by atomic mass is 9.81. The largest absolute Gasteiger partial charge is 0.497 e. The lowest BCUT2D eigenvalue weighted by molar-refractivity contribution is 0.0523. The number of nitrogens with one attached hydrogen (secondary N) is 1. The lowest BCUT2D eigenvalue weighted by Crippen LogP contribution is -2.53. The predicted octanol–water partition coefficient (Wildman–Crippen LogP) is 6.52. The van der Waals surface area contributed by atoms with Crippen molar-refractivity contribution in [3.63, 3.8) is 0 Å². The molecule has 280 valence electrons. The van der Waals surface area contributed by atoms with E-state index in [0.29, 0.717) is 49.7 Å². The number of carbonyl (C=O) groups excluding carboxylic acids is 2. The van der Waals surface area contributed by atoms with E-state index in [9.17, 15) is 18.0 Å². The van der Waals surface area contributed by atoms with E-state index in [1.807, 2.05) is 34.7 Å². The number of methoxy groups -OCH3 is 1. The number of rotatable bonds is 8. The zero-order chi connectivity index (χ0) is 37.2. The van der Waals surface area contributed by atoms with Gasteiger partial charge in [0.1, 0.15) is 5.75 Å². The lowest BCUT2D eigenvalue weighted by Gasteiger charge is -2.38. The molecule has 4 aliphatic rings. The van der Waals surface area contributed by atoms with Gasteiger partial charge in [0.15, 0.2) is 0 Å². The van der Waals surface area contributed by atoms with Crippen LogP contribution in [0.4, 0.5) is 0 Å². The van der Waals surface area contributed by atoms with E-state index in [1.54, 1.807) is 33.2 Å². The summed E-state index contributed by atoms with van der Waals surface area (Å²) in [5, 5.41) is 5.08. The molecule has 2 saturated heterocycles. The van der Waals surface area contributed by atoms with Crippen molar-refractivity contribution in [2.24, 2.45) is 0 Å². The molecule has 1 aliphatic carbocycles. The molecule has 2 amide bonds. The molecule has 2 atom stereocenters. The molecule has 1 N–H and O–H groups in total. The van der Waals surface area contributed by atoms with Gasteiger partial charge in [0.25, 0.3) is 11.8 Å². The van der Waals surface area contributed by atoms with Crippen molar-refractivity contribution in [2.75, 3.05) is 27.2 Å². The molecule has 1 saturated carbocycles. The number of likely N-dealkylation sites (tertiary alicyclic amines) is 1. The Balaban J connectivity index is 1.32. The van der Waals surface area contributed by atoms with E-state index < -0.39 is 21.2 Å². The fourth-order valence-corrected chi connectivity index (χ4v) is 9.81. The van der Waals surface area contributed by atoms with Crippen molar-refractivity contribution in [2.45, 2.75) is 102 Å². The average Bonchev–Trinajstić information content (AvgIpc) is 3.73. The third kappa shape index (κ3) is 6.17. The number of benzene rings is 2. The number of piperazine rings is 1. The highest BCUT2D eigenvalue weighted by atomic mass is 32.2. The molecular weight excluding hydrogens is 689 g/mol. The number of nitrogens with zero attached hydrogens (tertiary/aromatic N) is 5. The number of allylic oxidation sites excluding steroid dienone is 1. The predicted molar refractivity (Wildman–Crippen MR) is 208 cm³/mol. The minimum atomic E-state index is -3.83. The van der Waals surface area contributed by atoms with Crippen LogP contribution in [0.25, 0.3) is 33.8 Å². The quantitative estimate of drug-likeness (QED) is 0.219. The molecule has 11 nitrogen and oxygen atoms in total. The Bertz CT molecular complexity index is 2230. The number of aromatic nitrogens is 3. The van der Waals surface area contributed by atoms with Crippen LogP contribution < -0.4 is 9.46 Å². The van der Waals surface area contributed by atoms with Gasteiger partial charge in [-0.2, -0.15) is 5.10 Å². The first-order valence-electron chi connectivity index (χ1n) is 19.2. The molecule has 8 rings (SSSR count). The third-order valence-electron chi connectivity index (χ3n) is 12.2. The van der Waals surface area contributed by atoms with Crippen LogP contribution in [0.3, 0.4) is 0 Å². The Morgan fingerprint density at radius 3 is 2.40 bits per heavy atom. The minimum absolute atomic E-state index is 0.00603. The second-order valence-electron chi connectivity index (χ2n) is 15.5. The van der Waals surface area contributed by atoms with E-state index in [0.717, 1.165) is 83.3 Å². The van der Waals surface area contributed by atoms with Gasteiger partial charge in [-0.05, 0) is 113 Å². The standard InChI is InChI=1S/C41H50N6O5S/c1-6-47-38(35(21-42-47)41(49)45-23-30-13-14-31(24-45)44(30)4)29-18-28-19-32(52-5)15-17-33(28)39-37(26-10-8-7-9-11-26)34-16-12-27(20-36(34)46(39)22-29)40(48)43-53(50,51)25(2)3/h12,15-21,25-26,30-31H,6-11,13-14,22-24H2,1-5H3,(H,43,48). The van der Waals surface area contributed by atoms with E-state index in [2.05, 4.69) is 39.4 Å². The van der Waals surface area contributed by atoms with Crippen molar-refractivity contribution in [3.05, 3.63) is 70.5 Å². The summed E-state index contributed by atoms with van der Waals surface area (Å²) in [4.78, 5) is 32.5. The monoisotopic (exact) mass is 738 g/mol. The van der Waals surface area contributed by atoms with Gasteiger partial charge in [0.05, 0.1) is 42.1 Å². The van der Waals surface area contributed by atoms with Crippen LogP contribution in [0, 0.1) is 0 Å². The Morgan fingerprint density at radius 1 is 0.981 bits per heavy atom. The number of hydrogen-bond donors (Lipinski definition) is 1. The summed E-state index contributed by atoms with van der Waals surface area (Å²) in [6.45, 7) is 7.56. The molecule has 3 fully saturated rings. The van der Waals surface area contributed by atoms with Crippen LogP contribution in [0.5, 0.6) is 5.75 Å². The summed E-state index contributed by atoms with van der Waals surface area (Å²) < 4.78 is 37.7. The first-order chi connectivity index (χ1) is 25.5. The molecule has 2 unspecified atom stereocenters. The summed E-state index contributed by atoms with van der Waals surface area (Å²) in [5.41, 5.74) is 7.85. The van der Waals surface area contributed by atoms with Gasteiger partial charge in [0.2, 0.25) is 10.0 Å². The highest BCUT2D eigenvalue weighted by molar-refractivity contribution is 7.90. The summed E-state index contributed by atoms with van der Waals surface area (Å²) in [5.74, 6) is 0.419. The van der Waals surface area contributed by atoms with Crippen LogP contribution >= 0.6 is 0 Å². The topological polar surface area (TPSA) is 119 Å². The van der Waals surface area contributed by atoms with Gasteiger partial charge in [-0.15, -0.1) is 0 Å². The first kappa shape index (κ1) is 35.6. The molecule has 2 bridgehead atoms. The second kappa shape index (κ2) is 13.8. The summed E-state index contributed by atoms with van der Waals surface area (Å²) in [6.07, 6.45) is 11.8. The molecule has 5 heterocycles.